The molecule has 2 aromatic heterocycles. The number of ether oxygens (including phenoxy) is 1. The van der Waals surface area contributed by atoms with Crippen LogP contribution in [0.5, 0.6) is 11.6 Å². The summed E-state index contributed by atoms with van der Waals surface area (Å²) in [6.07, 6.45) is 1.68. The van der Waals surface area contributed by atoms with E-state index >= 15 is 0 Å². The summed E-state index contributed by atoms with van der Waals surface area (Å²) in [5.41, 5.74) is 1.08. The minimum Gasteiger partial charge on any atom is -0.434 e. The second-order valence-corrected chi connectivity index (χ2v) is 5.26. The first-order valence-corrected chi connectivity index (χ1v) is 7.34. The highest BCUT2D eigenvalue weighted by Gasteiger charge is 2.14. The molecule has 0 unspecified atom stereocenters. The Bertz CT molecular complexity index is 1060. The molecule has 0 bridgehead atoms. The molecular formula is C18H10F3N3O. The number of hydrogen-bond donors (Lipinski definition) is 0. The standard InChI is InChI=1S/C18H10F3N3O/c19-12-5-3-11(4-6-12)17-22-18(15-2-1-9-24(15)23-17)25-16-8-7-13(20)10-14(16)21/h1-10H. The molecule has 0 radical (unpaired) electrons. The van der Waals surface area contributed by atoms with Crippen LogP contribution in [-0.4, -0.2) is 14.6 Å². The van der Waals surface area contributed by atoms with Crippen molar-refractivity contribution in [3.05, 3.63) is 78.2 Å². The van der Waals surface area contributed by atoms with E-state index in [-0.39, 0.29) is 23.3 Å². The Hall–Kier alpha value is -3.35. The molecule has 0 saturated carbocycles. The summed E-state index contributed by atoms with van der Waals surface area (Å²) in [4.78, 5) is 4.29. The third-order valence-corrected chi connectivity index (χ3v) is 3.56. The Morgan fingerprint density at radius 1 is 0.880 bits per heavy atom. The van der Waals surface area contributed by atoms with Crippen LogP contribution in [0.25, 0.3) is 16.9 Å². The van der Waals surface area contributed by atoms with E-state index in [1.165, 1.54) is 34.8 Å². The van der Waals surface area contributed by atoms with Crippen LogP contribution < -0.4 is 4.74 Å². The molecule has 7 heteroatoms. The molecule has 0 saturated heterocycles. The van der Waals surface area contributed by atoms with E-state index in [0.29, 0.717) is 11.1 Å². The van der Waals surface area contributed by atoms with Gasteiger partial charge in [0.15, 0.2) is 17.4 Å². The van der Waals surface area contributed by atoms with Crippen molar-refractivity contribution in [2.24, 2.45) is 0 Å². The molecule has 2 heterocycles. The molecule has 124 valence electrons. The zero-order valence-electron chi connectivity index (χ0n) is 12.7. The van der Waals surface area contributed by atoms with Gasteiger partial charge in [0.05, 0.1) is 0 Å². The van der Waals surface area contributed by atoms with E-state index in [1.54, 1.807) is 18.3 Å². The van der Waals surface area contributed by atoms with Gasteiger partial charge in [-0.1, -0.05) is 0 Å². The molecule has 4 rings (SSSR count). The first kappa shape index (κ1) is 15.2. The van der Waals surface area contributed by atoms with Crippen LogP contribution in [0.2, 0.25) is 0 Å². The SMILES string of the molecule is Fc1ccc(-c2nc(Oc3ccc(F)cc3F)c3cccn3n2)cc1. The van der Waals surface area contributed by atoms with Crippen LogP contribution in [0, 0.1) is 17.5 Å². The fourth-order valence-electron chi connectivity index (χ4n) is 2.37. The van der Waals surface area contributed by atoms with Crippen LogP contribution in [0.1, 0.15) is 0 Å². The van der Waals surface area contributed by atoms with Crippen LogP contribution in [0.4, 0.5) is 13.2 Å². The molecule has 0 N–H and O–H groups in total. The number of benzene rings is 2. The van der Waals surface area contributed by atoms with Crippen molar-refractivity contribution in [3.63, 3.8) is 0 Å². The Balaban J connectivity index is 1.82. The van der Waals surface area contributed by atoms with Gasteiger partial charge in [-0.3, -0.25) is 0 Å². The van der Waals surface area contributed by atoms with Crippen molar-refractivity contribution < 1.29 is 17.9 Å². The van der Waals surface area contributed by atoms with Gasteiger partial charge in [-0.25, -0.2) is 17.7 Å². The maximum Gasteiger partial charge on any atom is 0.247 e. The third kappa shape index (κ3) is 2.91. The lowest BCUT2D eigenvalue weighted by atomic mass is 10.2. The number of halogens is 3. The predicted molar refractivity (Wildman–Crippen MR) is 84.8 cm³/mol. The maximum atomic E-state index is 13.9. The average molecular weight is 341 g/mol. The Morgan fingerprint density at radius 2 is 1.64 bits per heavy atom. The molecule has 25 heavy (non-hydrogen) atoms. The Kier molecular flexibility index (Phi) is 3.61. The number of aromatic nitrogens is 3. The normalized spacial score (nSPS) is 11.0. The van der Waals surface area contributed by atoms with E-state index in [0.717, 1.165) is 12.1 Å². The quantitative estimate of drug-likeness (QED) is 0.546. The van der Waals surface area contributed by atoms with E-state index in [2.05, 4.69) is 10.1 Å². The van der Waals surface area contributed by atoms with E-state index in [1.807, 2.05) is 0 Å². The van der Waals surface area contributed by atoms with E-state index < -0.39 is 11.6 Å². The Labute approximate surface area is 140 Å². The molecule has 0 fully saturated rings. The summed E-state index contributed by atoms with van der Waals surface area (Å²) in [6, 6.07) is 12.1. The summed E-state index contributed by atoms with van der Waals surface area (Å²) in [7, 11) is 0. The minimum absolute atomic E-state index is 0.102. The molecule has 0 amide bonds. The molecule has 0 atom stereocenters. The van der Waals surface area contributed by atoms with Gasteiger partial charge in [-0.05, 0) is 48.5 Å². The monoisotopic (exact) mass is 341 g/mol. The number of rotatable bonds is 3. The number of nitrogens with zero attached hydrogens (tertiary/aromatic N) is 3. The first-order chi connectivity index (χ1) is 12.1. The predicted octanol–water partition coefficient (Wildman–Crippen LogP) is 4.61. The highest BCUT2D eigenvalue weighted by molar-refractivity contribution is 5.62. The summed E-state index contributed by atoms with van der Waals surface area (Å²) in [5, 5.41) is 4.32. The molecule has 0 aliphatic carbocycles. The van der Waals surface area contributed by atoms with Crippen molar-refractivity contribution in [1.29, 1.82) is 0 Å². The van der Waals surface area contributed by atoms with Crippen molar-refractivity contribution in [2.75, 3.05) is 0 Å². The molecule has 2 aromatic carbocycles. The lowest BCUT2D eigenvalue weighted by Crippen LogP contribution is -2.01. The average Bonchev–Trinajstić information content (AvgIpc) is 3.07. The van der Waals surface area contributed by atoms with Crippen LogP contribution in [0.3, 0.4) is 0 Å². The van der Waals surface area contributed by atoms with Gasteiger partial charge in [0.1, 0.15) is 17.2 Å². The summed E-state index contributed by atoms with van der Waals surface area (Å²) in [5.74, 6) is -1.70. The highest BCUT2D eigenvalue weighted by Crippen LogP contribution is 2.29. The maximum absolute atomic E-state index is 13.9. The minimum atomic E-state index is -0.841. The van der Waals surface area contributed by atoms with Gasteiger partial charge in [-0.15, -0.1) is 5.10 Å². The topological polar surface area (TPSA) is 39.4 Å². The molecule has 4 aromatic rings. The zero-order chi connectivity index (χ0) is 17.4. The van der Waals surface area contributed by atoms with Crippen molar-refractivity contribution in [1.82, 2.24) is 14.6 Å². The van der Waals surface area contributed by atoms with Crippen molar-refractivity contribution in [3.8, 4) is 23.0 Å². The molecule has 4 nitrogen and oxygen atoms in total. The zero-order valence-corrected chi connectivity index (χ0v) is 12.7. The lowest BCUT2D eigenvalue weighted by Gasteiger charge is -2.09. The third-order valence-electron chi connectivity index (χ3n) is 3.56. The van der Waals surface area contributed by atoms with Gasteiger partial charge < -0.3 is 4.74 Å². The number of fused-ring (bicyclic) bond motifs is 1. The van der Waals surface area contributed by atoms with Crippen LogP contribution in [-0.2, 0) is 0 Å². The fraction of sp³-hybridized carbons (Fsp3) is 0. The molecule has 0 spiro atoms. The van der Waals surface area contributed by atoms with Gasteiger partial charge in [-0.2, -0.15) is 4.98 Å². The highest BCUT2D eigenvalue weighted by atomic mass is 19.1. The van der Waals surface area contributed by atoms with Crippen molar-refractivity contribution >= 4 is 5.52 Å². The van der Waals surface area contributed by atoms with Crippen molar-refractivity contribution in [2.45, 2.75) is 0 Å². The summed E-state index contributed by atoms with van der Waals surface area (Å²) >= 11 is 0. The fourth-order valence-corrected chi connectivity index (χ4v) is 2.37. The second kappa shape index (κ2) is 5.94. The van der Waals surface area contributed by atoms with E-state index in [9.17, 15) is 13.2 Å². The lowest BCUT2D eigenvalue weighted by molar-refractivity contribution is 0.425. The molecule has 0 aliphatic heterocycles. The smallest absolute Gasteiger partial charge is 0.247 e. The Morgan fingerprint density at radius 3 is 2.40 bits per heavy atom. The molecular weight excluding hydrogens is 331 g/mol. The van der Waals surface area contributed by atoms with Crippen LogP contribution in [0.15, 0.2) is 60.8 Å². The van der Waals surface area contributed by atoms with Gasteiger partial charge in [0.2, 0.25) is 5.88 Å². The van der Waals surface area contributed by atoms with Gasteiger partial charge in [0.25, 0.3) is 0 Å². The van der Waals surface area contributed by atoms with Gasteiger partial charge in [0, 0.05) is 17.8 Å². The number of hydrogen-bond acceptors (Lipinski definition) is 3. The van der Waals surface area contributed by atoms with E-state index in [4.69, 9.17) is 4.74 Å². The molecule has 0 aliphatic rings. The first-order valence-electron chi connectivity index (χ1n) is 7.34. The van der Waals surface area contributed by atoms with Crippen LogP contribution >= 0.6 is 0 Å². The largest absolute Gasteiger partial charge is 0.434 e. The second-order valence-electron chi connectivity index (χ2n) is 5.26. The summed E-state index contributed by atoms with van der Waals surface area (Å²) in [6.45, 7) is 0. The summed E-state index contributed by atoms with van der Waals surface area (Å²) < 4.78 is 47.1. The van der Waals surface area contributed by atoms with Gasteiger partial charge >= 0.3 is 0 Å².